The molecule has 0 saturated carbocycles. The van der Waals surface area contributed by atoms with E-state index in [9.17, 15) is 0 Å². The summed E-state index contributed by atoms with van der Waals surface area (Å²) in [5.74, 6) is 0. The van der Waals surface area contributed by atoms with E-state index in [1.54, 1.807) is 0 Å². The van der Waals surface area contributed by atoms with Gasteiger partial charge >= 0.3 is 35.6 Å². The van der Waals surface area contributed by atoms with Gasteiger partial charge < -0.3 is 9.89 Å². The summed E-state index contributed by atoms with van der Waals surface area (Å²) in [6, 6.07) is 0.981. The van der Waals surface area contributed by atoms with Crippen molar-refractivity contribution >= 4 is 6.34 Å². The molecule has 0 saturated heterocycles. The molecule has 0 rings (SSSR count). The summed E-state index contributed by atoms with van der Waals surface area (Å²) in [5, 5.41) is 0. The average molecular weight is 336 g/mol. The van der Waals surface area contributed by atoms with Crippen LogP contribution in [-0.4, -0.2) is 29.9 Å². The Hall–Kier alpha value is 0.665. The SMILES string of the molecule is CCCCCN=[C-]N(C(C)C)C(C)C.[La+3]. The summed E-state index contributed by atoms with van der Waals surface area (Å²) in [7, 11) is 0. The van der Waals surface area contributed by atoms with E-state index < -0.39 is 0 Å². The fourth-order valence-corrected chi connectivity index (χ4v) is 1.40. The molecule has 0 aromatic carbocycles. The molecule has 2 nitrogen and oxygen atoms in total. The zero-order valence-corrected chi connectivity index (χ0v) is 14.6. The zero-order chi connectivity index (χ0) is 11.0. The molecule has 3 heteroatoms. The smallest absolute Gasteiger partial charge is 0.533 e. The van der Waals surface area contributed by atoms with Crippen molar-refractivity contribution in [3.63, 3.8) is 0 Å². The van der Waals surface area contributed by atoms with E-state index in [-0.39, 0.29) is 35.6 Å². The molecule has 0 N–H and O–H groups in total. The van der Waals surface area contributed by atoms with E-state index in [0.29, 0.717) is 12.1 Å². The Morgan fingerprint density at radius 2 is 1.60 bits per heavy atom. The minimum absolute atomic E-state index is 0. The Labute approximate surface area is 124 Å². The molecule has 0 aromatic rings. The summed E-state index contributed by atoms with van der Waals surface area (Å²) >= 11 is 0. The van der Waals surface area contributed by atoms with E-state index in [4.69, 9.17) is 0 Å². The van der Waals surface area contributed by atoms with Crippen LogP contribution in [0.25, 0.3) is 0 Å². The minimum atomic E-state index is 0. The molecule has 0 amide bonds. The number of unbranched alkanes of at least 4 members (excludes halogenated alkanes) is 2. The summed E-state index contributed by atoms with van der Waals surface area (Å²) in [4.78, 5) is 6.50. The molecule has 0 aliphatic heterocycles. The van der Waals surface area contributed by atoms with Gasteiger partial charge in [0.1, 0.15) is 0 Å². The van der Waals surface area contributed by atoms with Crippen LogP contribution in [0.3, 0.4) is 0 Å². The maximum atomic E-state index is 4.33. The van der Waals surface area contributed by atoms with Crippen molar-refractivity contribution in [2.45, 2.75) is 66.0 Å². The third-order valence-corrected chi connectivity index (χ3v) is 2.17. The zero-order valence-electron chi connectivity index (χ0n) is 11.0. The maximum Gasteiger partial charge on any atom is 3.00 e. The van der Waals surface area contributed by atoms with E-state index in [2.05, 4.69) is 50.8 Å². The average Bonchev–Trinajstić information content (AvgIpc) is 2.09. The van der Waals surface area contributed by atoms with Gasteiger partial charge in [-0.3, -0.25) is 6.34 Å². The summed E-state index contributed by atoms with van der Waals surface area (Å²) < 4.78 is 0. The van der Waals surface area contributed by atoms with Crippen LogP contribution < -0.4 is 0 Å². The predicted octanol–water partition coefficient (Wildman–Crippen LogP) is 3.20. The van der Waals surface area contributed by atoms with Gasteiger partial charge in [0.05, 0.1) is 0 Å². The van der Waals surface area contributed by atoms with E-state index >= 15 is 0 Å². The maximum absolute atomic E-state index is 4.33. The van der Waals surface area contributed by atoms with Gasteiger partial charge in [-0.05, 0) is 46.2 Å². The van der Waals surface area contributed by atoms with Crippen molar-refractivity contribution in [3.8, 4) is 0 Å². The van der Waals surface area contributed by atoms with Gasteiger partial charge in [0, 0.05) is 6.54 Å². The molecule has 0 heterocycles. The predicted molar refractivity (Wildman–Crippen MR) is 63.9 cm³/mol. The Kier molecular flexibility index (Phi) is 13.4. The number of hydrogen-bond donors (Lipinski definition) is 0. The first-order valence-electron chi connectivity index (χ1n) is 5.80. The first-order chi connectivity index (χ1) is 6.59. The van der Waals surface area contributed by atoms with Gasteiger partial charge in [-0.2, -0.15) is 0 Å². The van der Waals surface area contributed by atoms with E-state index in [0.717, 1.165) is 6.54 Å². The second kappa shape index (κ2) is 11.2. The largest absolute Gasteiger partial charge is 3.00 e. The second-order valence-electron chi connectivity index (χ2n) is 4.28. The van der Waals surface area contributed by atoms with Gasteiger partial charge in [0.2, 0.25) is 0 Å². The van der Waals surface area contributed by atoms with Crippen LogP contribution in [0.5, 0.6) is 0 Å². The van der Waals surface area contributed by atoms with Gasteiger partial charge in [-0.15, -0.1) is 0 Å². The van der Waals surface area contributed by atoms with Gasteiger partial charge in [0.15, 0.2) is 0 Å². The molecule has 84 valence electrons. The standard InChI is InChI=1S/C12H25N2.La/c1-6-7-8-9-13-10-14(11(2)3)12(4)5;/h11-12H,6-9H2,1-5H3;/q-1;+3. The van der Waals surface area contributed by atoms with Crippen molar-refractivity contribution in [1.82, 2.24) is 4.90 Å². The third kappa shape index (κ3) is 9.59. The van der Waals surface area contributed by atoms with Gasteiger partial charge in [-0.25, -0.2) is 0 Å². The molecule has 0 spiro atoms. The second-order valence-corrected chi connectivity index (χ2v) is 4.28. The summed E-state index contributed by atoms with van der Waals surface area (Å²) in [6.45, 7) is 11.8. The molecule has 0 atom stereocenters. The van der Waals surface area contributed by atoms with Crippen molar-refractivity contribution in [3.05, 3.63) is 0 Å². The monoisotopic (exact) mass is 336 g/mol. The number of rotatable bonds is 7. The Morgan fingerprint density at radius 3 is 2.00 bits per heavy atom. The quantitative estimate of drug-likeness (QED) is 0.229. The van der Waals surface area contributed by atoms with Crippen LogP contribution in [0, 0.1) is 35.6 Å². The first-order valence-corrected chi connectivity index (χ1v) is 5.80. The Bertz CT molecular complexity index is 148. The summed E-state index contributed by atoms with van der Waals surface area (Å²) in [5.41, 5.74) is 0. The first kappa shape index (κ1) is 18.0. The van der Waals surface area contributed by atoms with Crippen molar-refractivity contribution in [2.24, 2.45) is 4.99 Å². The molecule has 0 aromatic heterocycles. The molecule has 0 aliphatic carbocycles. The molecular weight excluding hydrogens is 311 g/mol. The fraction of sp³-hybridized carbons (Fsp3) is 0.917. The molecule has 0 fully saturated rings. The Balaban J connectivity index is 0. The molecular formula is C12H25LaN2+2. The normalized spacial score (nSPS) is 11.1. The molecule has 0 aliphatic rings. The topological polar surface area (TPSA) is 15.6 Å². The van der Waals surface area contributed by atoms with Crippen LogP contribution in [-0.2, 0) is 0 Å². The van der Waals surface area contributed by atoms with Crippen LogP contribution in [0.1, 0.15) is 53.9 Å². The number of aliphatic imine (C=N–C) groups is 1. The van der Waals surface area contributed by atoms with Crippen LogP contribution in [0.4, 0.5) is 0 Å². The molecule has 0 radical (unpaired) electrons. The molecule has 0 bridgehead atoms. The van der Waals surface area contributed by atoms with Crippen molar-refractivity contribution in [2.75, 3.05) is 6.54 Å². The fourth-order valence-electron chi connectivity index (χ4n) is 1.40. The van der Waals surface area contributed by atoms with Crippen LogP contribution in [0.15, 0.2) is 4.99 Å². The van der Waals surface area contributed by atoms with Crippen LogP contribution >= 0.6 is 0 Å². The minimum Gasteiger partial charge on any atom is -0.533 e. The van der Waals surface area contributed by atoms with Crippen molar-refractivity contribution < 1.29 is 35.6 Å². The Morgan fingerprint density at radius 1 is 1.07 bits per heavy atom. The third-order valence-electron chi connectivity index (χ3n) is 2.17. The van der Waals surface area contributed by atoms with E-state index in [1.807, 2.05) is 0 Å². The van der Waals surface area contributed by atoms with Gasteiger partial charge in [0.25, 0.3) is 0 Å². The summed E-state index contributed by atoms with van der Waals surface area (Å²) in [6.07, 6.45) is 6.85. The molecule has 0 unspecified atom stereocenters. The van der Waals surface area contributed by atoms with Crippen LogP contribution in [0.2, 0.25) is 0 Å². The van der Waals surface area contributed by atoms with E-state index in [1.165, 1.54) is 19.3 Å². The molecule has 15 heavy (non-hydrogen) atoms. The number of nitrogens with zero attached hydrogens (tertiary/aromatic N) is 2. The van der Waals surface area contributed by atoms with Gasteiger partial charge in [-0.1, -0.05) is 19.8 Å². The van der Waals surface area contributed by atoms with Crippen molar-refractivity contribution in [1.29, 1.82) is 0 Å². The number of hydrogen-bond acceptors (Lipinski definition) is 1.